The first-order valence-corrected chi connectivity index (χ1v) is 7.61. The quantitative estimate of drug-likeness (QED) is 0.600. The van der Waals surface area contributed by atoms with Crippen molar-refractivity contribution in [3.8, 4) is 0 Å². The third-order valence-electron chi connectivity index (χ3n) is 2.20. The maximum Gasteiger partial charge on any atom is 0.197 e. The molecule has 88 valence electrons. The predicted octanol–water partition coefficient (Wildman–Crippen LogP) is 3.04. The summed E-state index contributed by atoms with van der Waals surface area (Å²) >= 11 is 0. The van der Waals surface area contributed by atoms with E-state index in [0.29, 0.717) is 5.56 Å². The third kappa shape index (κ3) is 3.92. The van der Waals surface area contributed by atoms with Gasteiger partial charge in [0.25, 0.3) is 0 Å². The molecule has 1 aromatic carbocycles. The predicted molar refractivity (Wildman–Crippen MR) is 65.7 cm³/mol. The van der Waals surface area contributed by atoms with Gasteiger partial charge in [-0.2, -0.15) is 0 Å². The van der Waals surface area contributed by atoms with Gasteiger partial charge in [-0.3, -0.25) is 9.36 Å². The first-order chi connectivity index (χ1) is 7.29. The van der Waals surface area contributed by atoms with Crippen molar-refractivity contribution in [2.75, 3.05) is 19.9 Å². The van der Waals surface area contributed by atoms with Crippen LogP contribution in [0, 0.1) is 13.8 Å². The molecule has 1 rings (SSSR count). The standard InChI is InChI=1S/C12H17O3P/c1-9-5-6-10(2)11(7-9)12(13)8-15-16(3,4)14/h5-7H,8H2,1-4H3. The van der Waals surface area contributed by atoms with E-state index in [1.165, 1.54) is 13.3 Å². The number of rotatable bonds is 4. The number of benzene rings is 1. The molecule has 3 nitrogen and oxygen atoms in total. The Morgan fingerprint density at radius 1 is 1.31 bits per heavy atom. The Morgan fingerprint density at radius 2 is 1.94 bits per heavy atom. The van der Waals surface area contributed by atoms with Crippen molar-refractivity contribution in [1.29, 1.82) is 0 Å². The molecule has 0 spiro atoms. The van der Waals surface area contributed by atoms with Crippen LogP contribution >= 0.6 is 7.37 Å². The van der Waals surface area contributed by atoms with Crippen LogP contribution in [0.25, 0.3) is 0 Å². The molecule has 0 aromatic heterocycles. The fourth-order valence-electron chi connectivity index (χ4n) is 1.33. The first kappa shape index (κ1) is 13.1. The van der Waals surface area contributed by atoms with Crippen LogP contribution in [0.15, 0.2) is 18.2 Å². The Balaban J connectivity index is 2.81. The average molecular weight is 240 g/mol. The van der Waals surface area contributed by atoms with Gasteiger partial charge in [0, 0.05) is 18.9 Å². The molecule has 0 aliphatic carbocycles. The summed E-state index contributed by atoms with van der Waals surface area (Å²) in [6.45, 7) is 6.70. The summed E-state index contributed by atoms with van der Waals surface area (Å²) in [5.41, 5.74) is 2.60. The van der Waals surface area contributed by atoms with Crippen LogP contribution in [0.4, 0.5) is 0 Å². The topological polar surface area (TPSA) is 43.4 Å². The summed E-state index contributed by atoms with van der Waals surface area (Å²) < 4.78 is 16.4. The Kier molecular flexibility index (Phi) is 4.06. The first-order valence-electron chi connectivity index (χ1n) is 5.09. The van der Waals surface area contributed by atoms with Gasteiger partial charge in [-0.1, -0.05) is 17.7 Å². The van der Waals surface area contributed by atoms with Gasteiger partial charge >= 0.3 is 0 Å². The lowest BCUT2D eigenvalue weighted by atomic mass is 10.0. The fourth-order valence-corrected chi connectivity index (χ4v) is 1.76. The summed E-state index contributed by atoms with van der Waals surface area (Å²) in [4.78, 5) is 11.8. The lowest BCUT2D eigenvalue weighted by Gasteiger charge is -2.09. The van der Waals surface area contributed by atoms with Crippen molar-refractivity contribution >= 4 is 13.2 Å². The van der Waals surface area contributed by atoms with E-state index >= 15 is 0 Å². The molecule has 1 aromatic rings. The second kappa shape index (κ2) is 4.94. The minimum absolute atomic E-state index is 0.116. The van der Waals surface area contributed by atoms with Gasteiger partial charge in [-0.05, 0) is 25.5 Å². The van der Waals surface area contributed by atoms with Crippen LogP contribution in [-0.2, 0) is 9.09 Å². The van der Waals surface area contributed by atoms with Crippen molar-refractivity contribution in [1.82, 2.24) is 0 Å². The normalized spacial score (nSPS) is 11.5. The summed E-state index contributed by atoms with van der Waals surface area (Å²) in [7, 11) is -2.59. The third-order valence-corrected chi connectivity index (χ3v) is 2.95. The second-order valence-electron chi connectivity index (χ2n) is 4.27. The Hall–Kier alpha value is -0.920. The average Bonchev–Trinajstić information content (AvgIpc) is 2.17. The molecular formula is C12H17O3P. The van der Waals surface area contributed by atoms with Gasteiger partial charge in [0.15, 0.2) is 13.2 Å². The van der Waals surface area contributed by atoms with Gasteiger partial charge in [-0.25, -0.2) is 0 Å². The number of carbonyl (C=O) groups is 1. The summed E-state index contributed by atoms with van der Waals surface area (Å²) in [5.74, 6) is -0.120. The monoisotopic (exact) mass is 240 g/mol. The highest BCUT2D eigenvalue weighted by atomic mass is 31.2. The molecule has 0 atom stereocenters. The smallest absolute Gasteiger partial charge is 0.197 e. The van der Waals surface area contributed by atoms with Crippen LogP contribution in [0.3, 0.4) is 0 Å². The molecule has 0 saturated heterocycles. The number of carbonyl (C=O) groups excluding carboxylic acids is 1. The van der Waals surface area contributed by atoms with Gasteiger partial charge in [0.1, 0.15) is 6.61 Å². The molecule has 0 aliphatic heterocycles. The molecule has 0 unspecified atom stereocenters. The maximum atomic E-state index is 11.8. The fraction of sp³-hybridized carbons (Fsp3) is 0.417. The number of hydrogen-bond donors (Lipinski definition) is 0. The molecule has 0 aliphatic rings. The van der Waals surface area contributed by atoms with E-state index in [1.54, 1.807) is 0 Å². The van der Waals surface area contributed by atoms with Crippen LogP contribution in [0.5, 0.6) is 0 Å². The molecule has 0 bridgehead atoms. The van der Waals surface area contributed by atoms with E-state index in [-0.39, 0.29) is 12.4 Å². The van der Waals surface area contributed by atoms with Gasteiger partial charge in [0.05, 0.1) is 0 Å². The molecule has 16 heavy (non-hydrogen) atoms. The minimum atomic E-state index is -2.59. The SMILES string of the molecule is Cc1ccc(C)c(C(=O)COP(C)(C)=O)c1. The van der Waals surface area contributed by atoms with E-state index in [0.717, 1.165) is 11.1 Å². The van der Waals surface area contributed by atoms with E-state index < -0.39 is 7.37 Å². The molecule has 4 heteroatoms. The van der Waals surface area contributed by atoms with Gasteiger partial charge < -0.3 is 4.52 Å². The summed E-state index contributed by atoms with van der Waals surface area (Å²) in [6, 6.07) is 5.69. The molecule has 0 heterocycles. The number of ketones is 1. The molecule has 0 saturated carbocycles. The summed E-state index contributed by atoms with van der Waals surface area (Å²) in [6.07, 6.45) is 0. The van der Waals surface area contributed by atoms with E-state index in [2.05, 4.69) is 0 Å². The number of Topliss-reactive ketones (excluding diaryl/α,β-unsaturated/α-hetero) is 1. The molecular weight excluding hydrogens is 223 g/mol. The van der Waals surface area contributed by atoms with E-state index in [1.807, 2.05) is 32.0 Å². The lowest BCUT2D eigenvalue weighted by Crippen LogP contribution is -2.09. The molecule has 0 radical (unpaired) electrons. The highest BCUT2D eigenvalue weighted by Crippen LogP contribution is 2.37. The van der Waals surface area contributed by atoms with Crippen molar-refractivity contribution in [2.24, 2.45) is 0 Å². The van der Waals surface area contributed by atoms with Crippen LogP contribution in [0.2, 0.25) is 0 Å². The Morgan fingerprint density at radius 3 is 2.50 bits per heavy atom. The van der Waals surface area contributed by atoms with Gasteiger partial charge in [-0.15, -0.1) is 0 Å². The Labute approximate surface area is 96.3 Å². The summed E-state index contributed by atoms with van der Waals surface area (Å²) in [5, 5.41) is 0. The number of aryl methyl sites for hydroxylation is 2. The van der Waals surface area contributed by atoms with E-state index in [9.17, 15) is 9.36 Å². The lowest BCUT2D eigenvalue weighted by molar-refractivity contribution is 0.0923. The van der Waals surface area contributed by atoms with Crippen LogP contribution in [-0.4, -0.2) is 25.7 Å². The van der Waals surface area contributed by atoms with Crippen LogP contribution in [0.1, 0.15) is 21.5 Å². The van der Waals surface area contributed by atoms with Gasteiger partial charge in [0.2, 0.25) is 0 Å². The maximum absolute atomic E-state index is 11.8. The minimum Gasteiger partial charge on any atom is -0.320 e. The zero-order valence-corrected chi connectivity index (χ0v) is 11.0. The van der Waals surface area contributed by atoms with Crippen molar-refractivity contribution in [3.63, 3.8) is 0 Å². The van der Waals surface area contributed by atoms with Crippen molar-refractivity contribution < 1.29 is 13.9 Å². The zero-order valence-electron chi connectivity index (χ0n) is 10.1. The van der Waals surface area contributed by atoms with E-state index in [4.69, 9.17) is 4.52 Å². The van der Waals surface area contributed by atoms with Crippen molar-refractivity contribution in [3.05, 3.63) is 34.9 Å². The zero-order chi connectivity index (χ0) is 12.3. The number of hydrogen-bond acceptors (Lipinski definition) is 3. The second-order valence-corrected chi connectivity index (χ2v) is 7.03. The largest absolute Gasteiger partial charge is 0.320 e. The highest BCUT2D eigenvalue weighted by Gasteiger charge is 2.14. The molecule has 0 N–H and O–H groups in total. The molecule has 0 fully saturated rings. The van der Waals surface area contributed by atoms with Crippen molar-refractivity contribution in [2.45, 2.75) is 13.8 Å². The Bertz CT molecular complexity index is 446. The van der Waals surface area contributed by atoms with Crippen LogP contribution < -0.4 is 0 Å². The highest BCUT2D eigenvalue weighted by molar-refractivity contribution is 7.57. The molecule has 0 amide bonds.